The number of nitrogens with zero attached hydrogens (tertiary/aromatic N) is 3. The van der Waals surface area contributed by atoms with Crippen molar-refractivity contribution in [2.24, 2.45) is 10.9 Å². The molecule has 0 saturated carbocycles. The van der Waals surface area contributed by atoms with Crippen molar-refractivity contribution in [3.63, 3.8) is 0 Å². The molecule has 1 aliphatic rings. The lowest BCUT2D eigenvalue weighted by Crippen LogP contribution is -2.49. The van der Waals surface area contributed by atoms with Crippen molar-refractivity contribution in [3.8, 4) is 0 Å². The van der Waals surface area contributed by atoms with Crippen LogP contribution in [0.4, 0.5) is 0 Å². The Kier molecular flexibility index (Phi) is 5.59. The highest BCUT2D eigenvalue weighted by Crippen LogP contribution is 2.30. The van der Waals surface area contributed by atoms with Gasteiger partial charge < -0.3 is 10.3 Å². The largest absolute Gasteiger partial charge is 0.361 e. The molecule has 4 rings (SSSR count). The van der Waals surface area contributed by atoms with Crippen molar-refractivity contribution in [3.05, 3.63) is 69.7 Å². The Labute approximate surface area is 180 Å². The van der Waals surface area contributed by atoms with E-state index in [0.29, 0.717) is 35.8 Å². The van der Waals surface area contributed by atoms with E-state index in [1.807, 2.05) is 37.4 Å². The first-order valence-electron chi connectivity index (χ1n) is 10.5. The van der Waals surface area contributed by atoms with Crippen molar-refractivity contribution in [2.45, 2.75) is 45.7 Å². The molecular weight excluding hydrogens is 390 g/mol. The Morgan fingerprint density at radius 1 is 1.29 bits per heavy atom. The van der Waals surface area contributed by atoms with Crippen LogP contribution in [0.15, 0.2) is 46.4 Å². The van der Waals surface area contributed by atoms with Gasteiger partial charge in [0.2, 0.25) is 5.91 Å². The van der Waals surface area contributed by atoms with Gasteiger partial charge in [0.05, 0.1) is 17.3 Å². The minimum Gasteiger partial charge on any atom is -0.361 e. The molecule has 0 spiro atoms. The SMILES string of the molecule is C=N/C=C\c1c(C)nc2n(c1=O)[C@H](Cc1c[nH]c3ccccc13)C(=O)N[C@H]2CC(C)C. The predicted molar refractivity (Wildman–Crippen MR) is 123 cm³/mol. The molecule has 160 valence electrons. The molecule has 1 amide bonds. The Morgan fingerprint density at radius 3 is 2.81 bits per heavy atom. The number of carbonyl (C=O) groups is 1. The molecule has 0 unspecified atom stereocenters. The van der Waals surface area contributed by atoms with E-state index >= 15 is 0 Å². The number of para-hydroxylation sites is 1. The second kappa shape index (κ2) is 8.34. The summed E-state index contributed by atoms with van der Waals surface area (Å²) in [6.45, 7) is 9.43. The van der Waals surface area contributed by atoms with Gasteiger partial charge in [0.25, 0.3) is 5.56 Å². The van der Waals surface area contributed by atoms with Gasteiger partial charge in [-0.05, 0) is 43.7 Å². The molecule has 2 N–H and O–H groups in total. The van der Waals surface area contributed by atoms with Gasteiger partial charge in [-0.2, -0.15) is 0 Å². The topological polar surface area (TPSA) is 92.1 Å². The highest BCUT2D eigenvalue weighted by Gasteiger charge is 2.36. The number of hydrogen-bond acceptors (Lipinski definition) is 4. The first-order chi connectivity index (χ1) is 14.9. The summed E-state index contributed by atoms with van der Waals surface area (Å²) in [4.78, 5) is 38.5. The zero-order chi connectivity index (χ0) is 22.1. The fraction of sp³-hybridized carbons (Fsp3) is 0.333. The van der Waals surface area contributed by atoms with E-state index < -0.39 is 6.04 Å². The van der Waals surface area contributed by atoms with E-state index in [0.717, 1.165) is 16.5 Å². The van der Waals surface area contributed by atoms with Crippen molar-refractivity contribution in [1.29, 1.82) is 0 Å². The number of rotatable bonds is 6. The molecule has 7 nitrogen and oxygen atoms in total. The van der Waals surface area contributed by atoms with Crippen LogP contribution < -0.4 is 10.9 Å². The van der Waals surface area contributed by atoms with Gasteiger partial charge in [0.1, 0.15) is 11.9 Å². The monoisotopic (exact) mass is 417 g/mol. The second-order valence-corrected chi connectivity index (χ2v) is 8.41. The molecule has 0 bridgehead atoms. The fourth-order valence-electron chi connectivity index (χ4n) is 4.32. The van der Waals surface area contributed by atoms with Crippen LogP contribution in [-0.4, -0.2) is 27.2 Å². The average Bonchev–Trinajstić information content (AvgIpc) is 3.13. The Balaban J connectivity index is 1.87. The highest BCUT2D eigenvalue weighted by atomic mass is 16.2. The number of amides is 1. The summed E-state index contributed by atoms with van der Waals surface area (Å²) < 4.78 is 1.59. The summed E-state index contributed by atoms with van der Waals surface area (Å²) in [6, 6.07) is 6.97. The Morgan fingerprint density at radius 2 is 2.06 bits per heavy atom. The van der Waals surface area contributed by atoms with Crippen molar-refractivity contribution in [1.82, 2.24) is 19.9 Å². The van der Waals surface area contributed by atoms with Gasteiger partial charge in [-0.15, -0.1) is 0 Å². The van der Waals surface area contributed by atoms with Crippen LogP contribution in [0.2, 0.25) is 0 Å². The minimum absolute atomic E-state index is 0.159. The smallest absolute Gasteiger partial charge is 0.261 e. The number of carbonyl (C=O) groups excluding carboxylic acids is 1. The molecule has 7 heteroatoms. The molecule has 2 atom stereocenters. The fourth-order valence-corrected chi connectivity index (χ4v) is 4.32. The van der Waals surface area contributed by atoms with Crippen LogP contribution in [0.1, 0.15) is 55.0 Å². The molecule has 0 saturated heterocycles. The summed E-state index contributed by atoms with van der Waals surface area (Å²) in [5, 5.41) is 4.16. The molecule has 2 aromatic heterocycles. The first kappa shape index (κ1) is 20.8. The molecule has 0 aliphatic carbocycles. The third-order valence-electron chi connectivity index (χ3n) is 5.75. The van der Waals surface area contributed by atoms with E-state index in [-0.39, 0.29) is 17.5 Å². The summed E-state index contributed by atoms with van der Waals surface area (Å²) in [5.74, 6) is 0.794. The van der Waals surface area contributed by atoms with Crippen LogP contribution in [0.5, 0.6) is 0 Å². The van der Waals surface area contributed by atoms with Crippen molar-refractivity contribution in [2.75, 3.05) is 0 Å². The number of hydrogen-bond donors (Lipinski definition) is 2. The van der Waals surface area contributed by atoms with E-state index in [1.165, 1.54) is 6.20 Å². The maximum absolute atomic E-state index is 13.5. The normalized spacial score (nSPS) is 18.5. The number of benzene rings is 1. The number of aromatic nitrogens is 3. The lowest BCUT2D eigenvalue weighted by atomic mass is 9.96. The predicted octanol–water partition coefficient (Wildman–Crippen LogP) is 3.71. The maximum Gasteiger partial charge on any atom is 0.261 e. The van der Waals surface area contributed by atoms with E-state index in [1.54, 1.807) is 10.6 Å². The molecule has 3 aromatic rings. The standard InChI is InChI=1S/C24H27N5O2/c1-14(2)11-20-22-27-15(3)17(9-10-25-4)24(31)29(22)21(23(30)28-20)12-16-13-26-19-8-6-5-7-18(16)19/h5-10,13-14,20-21,26H,4,11-12H2,1-3H3,(H,28,30)/b10-9-/t20-,21+/m0/s1. The third-order valence-corrected chi connectivity index (χ3v) is 5.75. The number of aromatic amines is 1. The van der Waals surface area contributed by atoms with Crippen LogP contribution in [0.3, 0.4) is 0 Å². The van der Waals surface area contributed by atoms with Crippen molar-refractivity contribution >= 4 is 29.6 Å². The lowest BCUT2D eigenvalue weighted by Gasteiger charge is -2.34. The molecule has 0 fully saturated rings. The quantitative estimate of drug-likeness (QED) is 0.599. The summed E-state index contributed by atoms with van der Waals surface area (Å²) in [5.41, 5.74) is 2.81. The van der Waals surface area contributed by atoms with E-state index in [9.17, 15) is 9.59 Å². The first-order valence-corrected chi connectivity index (χ1v) is 10.5. The summed E-state index contributed by atoms with van der Waals surface area (Å²) in [7, 11) is 0. The second-order valence-electron chi connectivity index (χ2n) is 8.41. The van der Waals surface area contributed by atoms with Gasteiger partial charge in [0, 0.05) is 29.7 Å². The van der Waals surface area contributed by atoms with E-state index in [4.69, 9.17) is 4.98 Å². The minimum atomic E-state index is -0.679. The van der Waals surface area contributed by atoms with Gasteiger partial charge in [-0.25, -0.2) is 4.98 Å². The molecule has 31 heavy (non-hydrogen) atoms. The number of fused-ring (bicyclic) bond motifs is 2. The van der Waals surface area contributed by atoms with Gasteiger partial charge >= 0.3 is 0 Å². The van der Waals surface area contributed by atoms with Crippen LogP contribution >= 0.6 is 0 Å². The van der Waals surface area contributed by atoms with Crippen LogP contribution in [-0.2, 0) is 11.2 Å². The number of aryl methyl sites for hydroxylation is 1. The van der Waals surface area contributed by atoms with Gasteiger partial charge in [0.15, 0.2) is 0 Å². The zero-order valence-corrected chi connectivity index (χ0v) is 18.1. The zero-order valence-electron chi connectivity index (χ0n) is 18.1. The Hall–Kier alpha value is -3.48. The lowest BCUT2D eigenvalue weighted by molar-refractivity contribution is -0.126. The van der Waals surface area contributed by atoms with Crippen LogP contribution in [0.25, 0.3) is 17.0 Å². The van der Waals surface area contributed by atoms with Gasteiger partial charge in [-0.1, -0.05) is 32.0 Å². The molecule has 1 aliphatic heterocycles. The average molecular weight is 418 g/mol. The highest BCUT2D eigenvalue weighted by molar-refractivity contribution is 5.86. The van der Waals surface area contributed by atoms with Crippen molar-refractivity contribution < 1.29 is 4.79 Å². The summed E-state index contributed by atoms with van der Waals surface area (Å²) in [6.07, 6.45) is 6.09. The molecule has 0 radical (unpaired) electrons. The number of nitrogens with one attached hydrogen (secondary N) is 2. The molecular formula is C24H27N5O2. The van der Waals surface area contributed by atoms with Gasteiger partial charge in [-0.3, -0.25) is 19.1 Å². The third kappa shape index (κ3) is 3.83. The number of aliphatic imine (C=N–C) groups is 1. The summed E-state index contributed by atoms with van der Waals surface area (Å²) >= 11 is 0. The molecule has 3 heterocycles. The number of H-pyrrole nitrogens is 1. The van der Waals surface area contributed by atoms with Crippen LogP contribution in [0, 0.1) is 12.8 Å². The Bertz CT molecular complexity index is 1230. The molecule has 1 aromatic carbocycles. The van der Waals surface area contributed by atoms with E-state index in [2.05, 4.69) is 35.9 Å². The maximum atomic E-state index is 13.5.